The van der Waals surface area contributed by atoms with Crippen LogP contribution in [0.5, 0.6) is 0 Å². The van der Waals surface area contributed by atoms with Crippen LogP contribution in [0.1, 0.15) is 56.0 Å². The van der Waals surface area contributed by atoms with Gasteiger partial charge in [-0.05, 0) is 44.4 Å². The van der Waals surface area contributed by atoms with Crippen molar-refractivity contribution in [3.05, 3.63) is 10.6 Å². The minimum atomic E-state index is -0.0878. The van der Waals surface area contributed by atoms with Crippen molar-refractivity contribution in [3.63, 3.8) is 0 Å². The Hall–Kier alpha value is -1.10. The molecule has 2 N–H and O–H groups in total. The molecule has 2 aliphatic rings. The first-order valence-electron chi connectivity index (χ1n) is 7.77. The van der Waals surface area contributed by atoms with Crippen LogP contribution in [0.3, 0.4) is 0 Å². The molecule has 1 heterocycles. The van der Waals surface area contributed by atoms with E-state index in [4.69, 9.17) is 0 Å². The van der Waals surface area contributed by atoms with Crippen molar-refractivity contribution >= 4 is 22.5 Å². The van der Waals surface area contributed by atoms with Gasteiger partial charge < -0.3 is 5.32 Å². The highest BCUT2D eigenvalue weighted by molar-refractivity contribution is 7.15. The maximum Gasteiger partial charge on any atom is 0.321 e. The number of hydrogen-bond acceptors (Lipinski definition) is 3. The van der Waals surface area contributed by atoms with Crippen LogP contribution in [0.25, 0.3) is 0 Å². The number of thiazole rings is 1. The molecule has 2 atom stereocenters. The maximum atomic E-state index is 12.0. The van der Waals surface area contributed by atoms with Crippen molar-refractivity contribution in [1.29, 1.82) is 0 Å². The van der Waals surface area contributed by atoms with Gasteiger partial charge in [-0.1, -0.05) is 19.8 Å². The van der Waals surface area contributed by atoms with Crippen LogP contribution in [0, 0.1) is 5.92 Å². The number of rotatable bonds is 2. The molecule has 1 aromatic heterocycles. The number of aromatic nitrogens is 1. The summed E-state index contributed by atoms with van der Waals surface area (Å²) in [4.78, 5) is 17.9. The Labute approximate surface area is 124 Å². The van der Waals surface area contributed by atoms with Crippen LogP contribution in [-0.4, -0.2) is 17.1 Å². The summed E-state index contributed by atoms with van der Waals surface area (Å²) in [5.74, 6) is 0.723. The van der Waals surface area contributed by atoms with Gasteiger partial charge in [0, 0.05) is 10.9 Å². The zero-order valence-corrected chi connectivity index (χ0v) is 12.9. The van der Waals surface area contributed by atoms with E-state index in [1.165, 1.54) is 36.3 Å². The minimum absolute atomic E-state index is 0.0878. The predicted molar refractivity (Wildman–Crippen MR) is 82.3 cm³/mol. The van der Waals surface area contributed by atoms with E-state index in [0.29, 0.717) is 6.04 Å². The Balaban J connectivity index is 1.54. The van der Waals surface area contributed by atoms with Gasteiger partial charge in [0.1, 0.15) is 0 Å². The van der Waals surface area contributed by atoms with Crippen molar-refractivity contribution < 1.29 is 4.79 Å². The number of amides is 2. The number of nitrogens with zero attached hydrogens (tertiary/aromatic N) is 1. The molecule has 0 saturated heterocycles. The largest absolute Gasteiger partial charge is 0.335 e. The van der Waals surface area contributed by atoms with E-state index >= 15 is 0 Å². The van der Waals surface area contributed by atoms with Crippen LogP contribution >= 0.6 is 11.3 Å². The number of anilines is 1. The fourth-order valence-electron chi connectivity index (χ4n) is 3.29. The van der Waals surface area contributed by atoms with Crippen molar-refractivity contribution in [1.82, 2.24) is 10.3 Å². The van der Waals surface area contributed by atoms with Gasteiger partial charge in [-0.15, -0.1) is 11.3 Å². The van der Waals surface area contributed by atoms with E-state index in [0.717, 1.165) is 36.7 Å². The summed E-state index contributed by atoms with van der Waals surface area (Å²) >= 11 is 1.64. The number of hydrogen-bond donors (Lipinski definition) is 2. The van der Waals surface area contributed by atoms with Crippen LogP contribution in [0.2, 0.25) is 0 Å². The van der Waals surface area contributed by atoms with Gasteiger partial charge in [-0.2, -0.15) is 0 Å². The lowest BCUT2D eigenvalue weighted by molar-refractivity contribution is 0.238. The second-order valence-corrected chi connectivity index (χ2v) is 7.25. The molecular formula is C15H23N3OS. The molecule has 0 aliphatic heterocycles. The van der Waals surface area contributed by atoms with Gasteiger partial charge in [0.2, 0.25) is 0 Å². The number of fused-ring (bicyclic) bond motifs is 1. The monoisotopic (exact) mass is 293 g/mol. The third-order valence-corrected chi connectivity index (χ3v) is 5.41. The predicted octanol–water partition coefficient (Wildman–Crippen LogP) is 3.72. The van der Waals surface area contributed by atoms with Crippen molar-refractivity contribution in [3.8, 4) is 0 Å². The fraction of sp³-hybridized carbons (Fsp3) is 0.733. The maximum absolute atomic E-state index is 12.0. The molecule has 0 radical (unpaired) electrons. The Kier molecular flexibility index (Phi) is 4.24. The summed E-state index contributed by atoms with van der Waals surface area (Å²) in [6.45, 7) is 2.26. The smallest absolute Gasteiger partial charge is 0.321 e. The minimum Gasteiger partial charge on any atom is -0.335 e. The summed E-state index contributed by atoms with van der Waals surface area (Å²) in [6, 6.07) is 0.239. The van der Waals surface area contributed by atoms with Gasteiger partial charge in [-0.25, -0.2) is 9.78 Å². The highest BCUT2D eigenvalue weighted by Gasteiger charge is 2.21. The van der Waals surface area contributed by atoms with Crippen LogP contribution < -0.4 is 10.6 Å². The molecule has 3 rings (SSSR count). The molecule has 0 bridgehead atoms. The van der Waals surface area contributed by atoms with Crippen molar-refractivity contribution in [2.45, 2.75) is 64.3 Å². The lowest BCUT2D eigenvalue weighted by Gasteiger charge is -2.27. The number of nitrogens with one attached hydrogen (secondary N) is 2. The van der Waals surface area contributed by atoms with Crippen LogP contribution in [0.15, 0.2) is 0 Å². The third-order valence-electron chi connectivity index (χ3n) is 4.34. The molecule has 2 amide bonds. The van der Waals surface area contributed by atoms with Gasteiger partial charge in [0.15, 0.2) is 5.13 Å². The first-order valence-corrected chi connectivity index (χ1v) is 8.58. The Bertz CT molecular complexity index is 462. The van der Waals surface area contributed by atoms with E-state index < -0.39 is 0 Å². The molecule has 110 valence electrons. The van der Waals surface area contributed by atoms with Crippen LogP contribution in [-0.2, 0) is 12.8 Å². The van der Waals surface area contributed by atoms with E-state index in [9.17, 15) is 4.79 Å². The number of carbonyl (C=O) groups is 1. The molecule has 20 heavy (non-hydrogen) atoms. The second-order valence-electron chi connectivity index (χ2n) is 6.16. The highest BCUT2D eigenvalue weighted by Crippen LogP contribution is 2.29. The van der Waals surface area contributed by atoms with Gasteiger partial charge in [-0.3, -0.25) is 5.32 Å². The second kappa shape index (κ2) is 6.12. The van der Waals surface area contributed by atoms with Gasteiger partial charge in [0.05, 0.1) is 5.69 Å². The molecular weight excluding hydrogens is 270 g/mol. The molecule has 5 heteroatoms. The summed E-state index contributed by atoms with van der Waals surface area (Å²) in [7, 11) is 0. The summed E-state index contributed by atoms with van der Waals surface area (Å²) in [6.07, 6.45) is 9.37. The van der Waals surface area contributed by atoms with Crippen molar-refractivity contribution in [2.75, 3.05) is 5.32 Å². The molecule has 2 unspecified atom stereocenters. The first-order chi connectivity index (χ1) is 9.70. The zero-order chi connectivity index (χ0) is 13.9. The molecule has 4 nitrogen and oxygen atoms in total. The number of aryl methyl sites for hydroxylation is 2. The normalized spacial score (nSPS) is 25.9. The van der Waals surface area contributed by atoms with E-state index in [2.05, 4.69) is 22.5 Å². The van der Waals surface area contributed by atoms with E-state index in [1.807, 2.05) is 0 Å². The summed E-state index contributed by atoms with van der Waals surface area (Å²) < 4.78 is 0. The molecule has 1 fully saturated rings. The Morgan fingerprint density at radius 3 is 2.90 bits per heavy atom. The molecule has 2 aliphatic carbocycles. The van der Waals surface area contributed by atoms with Crippen molar-refractivity contribution in [2.24, 2.45) is 5.92 Å². The lowest BCUT2D eigenvalue weighted by atomic mass is 9.87. The quantitative estimate of drug-likeness (QED) is 0.873. The highest BCUT2D eigenvalue weighted by atomic mass is 32.1. The zero-order valence-electron chi connectivity index (χ0n) is 12.1. The molecule has 0 spiro atoms. The standard InChI is InChI=1S/C15H23N3OS/c1-10-5-4-6-11(9-10)16-14(19)18-15-17-12-7-2-3-8-13(12)20-15/h10-11H,2-9H2,1H3,(H2,16,17,18,19). The number of carbonyl (C=O) groups excluding carboxylic acids is 1. The molecule has 1 aromatic rings. The number of urea groups is 1. The Morgan fingerprint density at radius 1 is 1.25 bits per heavy atom. The van der Waals surface area contributed by atoms with Crippen LogP contribution in [0.4, 0.5) is 9.93 Å². The fourth-order valence-corrected chi connectivity index (χ4v) is 4.33. The molecule has 0 aromatic carbocycles. The van der Waals surface area contributed by atoms with Gasteiger partial charge >= 0.3 is 6.03 Å². The summed E-state index contributed by atoms with van der Waals surface area (Å²) in [5, 5.41) is 6.78. The average molecular weight is 293 g/mol. The molecule has 1 saturated carbocycles. The topological polar surface area (TPSA) is 54.0 Å². The van der Waals surface area contributed by atoms with E-state index in [1.54, 1.807) is 11.3 Å². The average Bonchev–Trinajstić information content (AvgIpc) is 2.80. The third kappa shape index (κ3) is 3.32. The SMILES string of the molecule is CC1CCCC(NC(=O)Nc2nc3c(s2)CCCC3)C1. The Morgan fingerprint density at radius 2 is 2.10 bits per heavy atom. The lowest BCUT2D eigenvalue weighted by Crippen LogP contribution is -2.40. The van der Waals surface area contributed by atoms with E-state index in [-0.39, 0.29) is 6.03 Å². The summed E-state index contributed by atoms with van der Waals surface area (Å²) in [5.41, 5.74) is 1.20. The van der Waals surface area contributed by atoms with Gasteiger partial charge in [0.25, 0.3) is 0 Å². The first kappa shape index (κ1) is 13.9.